The molecule has 0 atom stereocenters. The Hall–Kier alpha value is -1.26. The lowest BCUT2D eigenvalue weighted by Gasteiger charge is -2.32. The van der Waals surface area contributed by atoms with Crippen LogP contribution in [0.4, 0.5) is 0 Å². The minimum Gasteiger partial charge on any atom is -0.399 e. The van der Waals surface area contributed by atoms with Crippen molar-refractivity contribution in [3.8, 4) is 0 Å². The van der Waals surface area contributed by atoms with Crippen molar-refractivity contribution >= 4 is 18.3 Å². The predicted octanol–water partition coefficient (Wildman–Crippen LogP) is 2.31. The number of nitrogens with two attached hydrogens (primary N) is 1. The largest absolute Gasteiger partial charge is 0.494 e. The highest BCUT2D eigenvalue weighted by molar-refractivity contribution is 6.62. The smallest absolute Gasteiger partial charge is 0.399 e. The molecule has 0 aromatic heterocycles. The molecule has 3 nitrogen and oxygen atoms in total. The first-order valence-electron chi connectivity index (χ1n) is 6.64. The van der Waals surface area contributed by atoms with E-state index in [2.05, 4.69) is 27.7 Å². The van der Waals surface area contributed by atoms with Crippen molar-refractivity contribution in [2.75, 3.05) is 0 Å². The fourth-order valence-corrected chi connectivity index (χ4v) is 2.01. The summed E-state index contributed by atoms with van der Waals surface area (Å²) in [7, 11) is -0.338. The molecule has 0 spiro atoms. The van der Waals surface area contributed by atoms with Crippen molar-refractivity contribution in [3.05, 3.63) is 35.9 Å². The van der Waals surface area contributed by atoms with E-state index in [1.165, 1.54) is 0 Å². The quantitative estimate of drug-likeness (QED) is 0.829. The van der Waals surface area contributed by atoms with Crippen LogP contribution in [-0.4, -0.2) is 18.3 Å². The van der Waals surface area contributed by atoms with E-state index in [1.807, 2.05) is 37.3 Å². The van der Waals surface area contributed by atoms with E-state index in [9.17, 15) is 0 Å². The van der Waals surface area contributed by atoms with E-state index >= 15 is 0 Å². The van der Waals surface area contributed by atoms with E-state index in [4.69, 9.17) is 15.0 Å². The molecule has 1 aromatic rings. The van der Waals surface area contributed by atoms with Gasteiger partial charge in [0.1, 0.15) is 0 Å². The van der Waals surface area contributed by atoms with E-state index in [-0.39, 0.29) is 18.3 Å². The average molecular weight is 259 g/mol. The van der Waals surface area contributed by atoms with Crippen LogP contribution in [0.2, 0.25) is 0 Å². The summed E-state index contributed by atoms with van der Waals surface area (Å²) in [4.78, 5) is 0. The molecular weight excluding hydrogens is 237 g/mol. The summed E-state index contributed by atoms with van der Waals surface area (Å²) in [5.74, 6) is 0. The molecule has 1 aliphatic heterocycles. The Bertz CT molecular complexity index is 493. The zero-order chi connectivity index (χ0) is 14.3. The Labute approximate surface area is 115 Å². The molecule has 0 saturated carbocycles. The molecule has 0 bridgehead atoms. The number of hydrogen-bond donors (Lipinski definition) is 1. The van der Waals surface area contributed by atoms with Gasteiger partial charge in [0.15, 0.2) is 0 Å². The van der Waals surface area contributed by atoms with Gasteiger partial charge in [0, 0.05) is 5.70 Å². The molecule has 0 unspecified atom stereocenters. The normalized spacial score (nSPS) is 21.7. The fraction of sp³-hybridized carbons (Fsp3) is 0.467. The van der Waals surface area contributed by atoms with Crippen molar-refractivity contribution in [1.29, 1.82) is 0 Å². The van der Waals surface area contributed by atoms with Gasteiger partial charge < -0.3 is 15.0 Å². The molecule has 2 N–H and O–H groups in total. The second kappa shape index (κ2) is 4.69. The highest BCUT2D eigenvalue weighted by Crippen LogP contribution is 2.36. The Balaban J connectivity index is 2.30. The van der Waals surface area contributed by atoms with E-state index in [1.54, 1.807) is 0 Å². The van der Waals surface area contributed by atoms with Crippen molar-refractivity contribution in [3.63, 3.8) is 0 Å². The molecule has 2 rings (SSSR count). The van der Waals surface area contributed by atoms with Crippen LogP contribution in [0.15, 0.2) is 30.3 Å². The number of hydrogen-bond acceptors (Lipinski definition) is 3. The highest BCUT2D eigenvalue weighted by atomic mass is 16.7. The lowest BCUT2D eigenvalue weighted by molar-refractivity contribution is 0.00578. The second-order valence-electron chi connectivity index (χ2n) is 5.96. The number of allylic oxidation sites excluding steroid dienone is 1. The molecule has 0 amide bonds. The van der Waals surface area contributed by atoms with Gasteiger partial charge in [-0.1, -0.05) is 30.3 Å². The van der Waals surface area contributed by atoms with Gasteiger partial charge in [-0.25, -0.2) is 0 Å². The molecule has 1 aliphatic rings. The van der Waals surface area contributed by atoms with Crippen LogP contribution in [0.3, 0.4) is 0 Å². The van der Waals surface area contributed by atoms with Gasteiger partial charge >= 0.3 is 7.12 Å². The van der Waals surface area contributed by atoms with Gasteiger partial charge in [0.05, 0.1) is 11.2 Å². The van der Waals surface area contributed by atoms with Crippen LogP contribution in [0.5, 0.6) is 0 Å². The molecule has 19 heavy (non-hydrogen) atoms. The number of rotatable bonds is 2. The molecule has 0 radical (unpaired) electrons. The Morgan fingerprint density at radius 1 is 1.16 bits per heavy atom. The molecule has 4 heteroatoms. The van der Waals surface area contributed by atoms with Gasteiger partial charge in [-0.05, 0) is 45.6 Å². The minimum absolute atomic E-state index is 0.320. The van der Waals surface area contributed by atoms with Crippen LogP contribution in [0.1, 0.15) is 40.2 Å². The molecule has 1 heterocycles. The lowest BCUT2D eigenvalue weighted by atomic mass is 9.78. The van der Waals surface area contributed by atoms with Crippen LogP contribution in [-0.2, 0) is 9.31 Å². The summed E-state index contributed by atoms with van der Waals surface area (Å²) in [5.41, 5.74) is 8.07. The van der Waals surface area contributed by atoms with Gasteiger partial charge in [-0.3, -0.25) is 0 Å². The molecule has 1 saturated heterocycles. The summed E-state index contributed by atoms with van der Waals surface area (Å²) in [6.07, 6.45) is 1.89. The van der Waals surface area contributed by atoms with E-state index < -0.39 is 0 Å². The van der Waals surface area contributed by atoms with Gasteiger partial charge in [-0.15, -0.1) is 0 Å². The summed E-state index contributed by atoms with van der Waals surface area (Å²) in [5, 5.41) is 0. The van der Waals surface area contributed by atoms with Crippen molar-refractivity contribution in [2.24, 2.45) is 5.73 Å². The van der Waals surface area contributed by atoms with Crippen molar-refractivity contribution in [1.82, 2.24) is 0 Å². The van der Waals surface area contributed by atoms with Crippen LogP contribution >= 0.6 is 0 Å². The Morgan fingerprint density at radius 2 is 1.74 bits per heavy atom. The zero-order valence-corrected chi connectivity index (χ0v) is 12.4. The molecule has 1 aromatic carbocycles. The third-order valence-electron chi connectivity index (χ3n) is 4.06. The van der Waals surface area contributed by atoms with E-state index in [0.717, 1.165) is 16.7 Å². The van der Waals surface area contributed by atoms with Crippen molar-refractivity contribution < 1.29 is 9.31 Å². The van der Waals surface area contributed by atoms with Crippen LogP contribution in [0, 0.1) is 0 Å². The lowest BCUT2D eigenvalue weighted by Crippen LogP contribution is -2.41. The summed E-state index contributed by atoms with van der Waals surface area (Å²) >= 11 is 0. The number of benzene rings is 1. The first-order chi connectivity index (χ1) is 8.77. The molecule has 0 aliphatic carbocycles. The second-order valence-corrected chi connectivity index (χ2v) is 5.96. The minimum atomic E-state index is -0.338. The molecule has 1 fully saturated rings. The summed E-state index contributed by atoms with van der Waals surface area (Å²) in [6, 6.07) is 8.00. The first kappa shape index (κ1) is 14.2. The standard InChI is InChI=1S/C15H22BNO2/c1-6-13(17)11-8-7-9-12(10-11)16-18-14(2,3)15(4,5)19-16/h6-10H,17H2,1-5H3/b13-6-. The van der Waals surface area contributed by atoms with E-state index in [0.29, 0.717) is 0 Å². The zero-order valence-electron chi connectivity index (χ0n) is 12.4. The topological polar surface area (TPSA) is 44.5 Å². The third-order valence-corrected chi connectivity index (χ3v) is 4.06. The van der Waals surface area contributed by atoms with Gasteiger partial charge in [0.2, 0.25) is 0 Å². The fourth-order valence-electron chi connectivity index (χ4n) is 2.01. The Kier molecular flexibility index (Phi) is 3.50. The summed E-state index contributed by atoms with van der Waals surface area (Å²) < 4.78 is 12.1. The highest BCUT2D eigenvalue weighted by Gasteiger charge is 2.51. The van der Waals surface area contributed by atoms with Crippen LogP contribution in [0.25, 0.3) is 5.70 Å². The first-order valence-corrected chi connectivity index (χ1v) is 6.64. The maximum atomic E-state index is 6.04. The molecular formula is C15H22BNO2. The average Bonchev–Trinajstić information content (AvgIpc) is 2.58. The van der Waals surface area contributed by atoms with Gasteiger partial charge in [-0.2, -0.15) is 0 Å². The maximum Gasteiger partial charge on any atom is 0.494 e. The summed E-state index contributed by atoms with van der Waals surface area (Å²) in [6.45, 7) is 10.1. The van der Waals surface area contributed by atoms with Crippen LogP contribution < -0.4 is 11.2 Å². The SMILES string of the molecule is C/C=C(\N)c1cccc(B2OC(C)(C)C(C)(C)O2)c1. The monoisotopic (exact) mass is 259 g/mol. The maximum absolute atomic E-state index is 6.04. The predicted molar refractivity (Wildman–Crippen MR) is 80.0 cm³/mol. The molecule has 102 valence electrons. The van der Waals surface area contributed by atoms with Crippen molar-refractivity contribution in [2.45, 2.75) is 45.8 Å². The Morgan fingerprint density at radius 3 is 2.26 bits per heavy atom. The van der Waals surface area contributed by atoms with Gasteiger partial charge in [0.25, 0.3) is 0 Å². The third kappa shape index (κ3) is 2.56.